The van der Waals surface area contributed by atoms with E-state index in [0.29, 0.717) is 11.3 Å². The number of nitrogens with zero attached hydrogens (tertiary/aromatic N) is 2. The van der Waals surface area contributed by atoms with Crippen molar-refractivity contribution >= 4 is 34.0 Å². The molecule has 0 unspecified atom stereocenters. The number of aryl methyl sites for hydroxylation is 2. The molecule has 6 nitrogen and oxygen atoms in total. The zero-order chi connectivity index (χ0) is 17.0. The number of rotatable bonds is 4. The normalized spacial score (nSPS) is 10.9. The zero-order valence-electron chi connectivity index (χ0n) is 12.5. The van der Waals surface area contributed by atoms with Gasteiger partial charge in [0.05, 0.1) is 4.92 Å². The van der Waals surface area contributed by atoms with Crippen LogP contribution >= 0.6 is 11.3 Å². The molecule has 0 saturated heterocycles. The monoisotopic (exact) mass is 327 g/mol. The van der Waals surface area contributed by atoms with Crippen LogP contribution in [0.5, 0.6) is 0 Å². The minimum Gasteiger partial charge on any atom is -0.321 e. The summed E-state index contributed by atoms with van der Waals surface area (Å²) in [5.74, 6) is -0.548. The van der Waals surface area contributed by atoms with Crippen molar-refractivity contribution in [3.05, 3.63) is 62.0 Å². The van der Waals surface area contributed by atoms with Crippen LogP contribution in [0.2, 0.25) is 0 Å². The maximum atomic E-state index is 12.2. The summed E-state index contributed by atoms with van der Waals surface area (Å²) in [4.78, 5) is 22.3. The summed E-state index contributed by atoms with van der Waals surface area (Å²) in [7, 11) is 0. The highest BCUT2D eigenvalue weighted by atomic mass is 32.1. The number of carbonyl (C=O) groups is 1. The van der Waals surface area contributed by atoms with Gasteiger partial charge in [-0.1, -0.05) is 29.0 Å². The third-order valence-electron chi connectivity index (χ3n) is 3.09. The van der Waals surface area contributed by atoms with Crippen LogP contribution < -0.4 is 5.32 Å². The van der Waals surface area contributed by atoms with Crippen LogP contribution in [0, 0.1) is 35.3 Å². The molecule has 0 bridgehead atoms. The Labute approximate surface area is 136 Å². The number of nitriles is 1. The van der Waals surface area contributed by atoms with Crippen molar-refractivity contribution in [1.29, 1.82) is 5.26 Å². The fourth-order valence-electron chi connectivity index (χ4n) is 1.97. The Morgan fingerprint density at radius 3 is 2.70 bits per heavy atom. The molecule has 0 spiro atoms. The van der Waals surface area contributed by atoms with E-state index in [1.807, 2.05) is 32.0 Å². The number of amides is 1. The molecule has 23 heavy (non-hydrogen) atoms. The second kappa shape index (κ2) is 6.85. The minimum absolute atomic E-state index is 0.0386. The van der Waals surface area contributed by atoms with E-state index in [1.54, 1.807) is 6.07 Å². The van der Waals surface area contributed by atoms with Crippen molar-refractivity contribution in [2.24, 2.45) is 0 Å². The van der Waals surface area contributed by atoms with E-state index in [-0.39, 0.29) is 10.6 Å². The fraction of sp³-hybridized carbons (Fsp3) is 0.125. The lowest BCUT2D eigenvalue weighted by Crippen LogP contribution is -2.14. The number of thiophene rings is 1. The predicted molar refractivity (Wildman–Crippen MR) is 89.1 cm³/mol. The van der Waals surface area contributed by atoms with Gasteiger partial charge in [-0.15, -0.1) is 0 Å². The Kier molecular flexibility index (Phi) is 4.88. The van der Waals surface area contributed by atoms with Gasteiger partial charge in [0, 0.05) is 17.1 Å². The van der Waals surface area contributed by atoms with E-state index in [1.165, 1.54) is 17.5 Å². The van der Waals surface area contributed by atoms with E-state index >= 15 is 0 Å². The maximum Gasteiger partial charge on any atom is 0.324 e. The first-order valence-corrected chi connectivity index (χ1v) is 7.52. The highest BCUT2D eigenvalue weighted by molar-refractivity contribution is 7.13. The molecular formula is C16H13N3O3S. The number of nitro groups is 1. The molecular weight excluding hydrogens is 314 g/mol. The van der Waals surface area contributed by atoms with Gasteiger partial charge in [-0.25, -0.2) is 0 Å². The van der Waals surface area contributed by atoms with Crippen LogP contribution in [0.3, 0.4) is 0 Å². The van der Waals surface area contributed by atoms with E-state index in [4.69, 9.17) is 5.26 Å². The van der Waals surface area contributed by atoms with Crippen molar-refractivity contribution in [3.8, 4) is 6.07 Å². The Balaban J connectivity index is 2.22. The summed E-state index contributed by atoms with van der Waals surface area (Å²) in [6, 6.07) is 8.71. The maximum absolute atomic E-state index is 12.2. The second-order valence-electron chi connectivity index (χ2n) is 4.92. The SMILES string of the molecule is Cc1ccc(NC(=O)/C(C#N)=C\c2csc([N+](=O)[O-])c2)c(C)c1. The Bertz CT molecular complexity index is 846. The first-order chi connectivity index (χ1) is 10.9. The molecule has 0 aliphatic carbocycles. The van der Waals surface area contributed by atoms with Gasteiger partial charge in [0.25, 0.3) is 5.91 Å². The van der Waals surface area contributed by atoms with E-state index in [2.05, 4.69) is 5.32 Å². The topological polar surface area (TPSA) is 96.0 Å². The number of carbonyl (C=O) groups excluding carboxylic acids is 1. The molecule has 1 amide bonds. The Morgan fingerprint density at radius 2 is 2.13 bits per heavy atom. The molecule has 0 aliphatic rings. The summed E-state index contributed by atoms with van der Waals surface area (Å²) in [5, 5.41) is 24.0. The number of hydrogen-bond donors (Lipinski definition) is 1. The van der Waals surface area contributed by atoms with Crippen molar-refractivity contribution in [1.82, 2.24) is 0 Å². The van der Waals surface area contributed by atoms with Crippen molar-refractivity contribution in [3.63, 3.8) is 0 Å². The largest absolute Gasteiger partial charge is 0.324 e. The van der Waals surface area contributed by atoms with E-state index in [0.717, 1.165) is 22.5 Å². The average Bonchev–Trinajstić information content (AvgIpc) is 2.96. The number of anilines is 1. The highest BCUT2D eigenvalue weighted by Crippen LogP contribution is 2.24. The third kappa shape index (κ3) is 4.02. The molecule has 0 atom stereocenters. The van der Waals surface area contributed by atoms with Crippen LogP contribution in [0.1, 0.15) is 16.7 Å². The first-order valence-electron chi connectivity index (χ1n) is 6.64. The summed E-state index contributed by atoms with van der Waals surface area (Å²) >= 11 is 0.945. The third-order valence-corrected chi connectivity index (χ3v) is 3.99. The molecule has 116 valence electrons. The molecule has 0 saturated carbocycles. The smallest absolute Gasteiger partial charge is 0.321 e. The van der Waals surface area contributed by atoms with Gasteiger partial charge in [-0.05, 0) is 37.1 Å². The predicted octanol–water partition coefficient (Wildman–Crippen LogP) is 3.82. The van der Waals surface area contributed by atoms with Crippen LogP contribution in [0.25, 0.3) is 6.08 Å². The molecule has 7 heteroatoms. The lowest BCUT2D eigenvalue weighted by Gasteiger charge is -2.08. The number of hydrogen-bond acceptors (Lipinski definition) is 5. The van der Waals surface area contributed by atoms with Gasteiger partial charge in [0.1, 0.15) is 11.6 Å². The van der Waals surface area contributed by atoms with Crippen LogP contribution in [-0.4, -0.2) is 10.8 Å². The van der Waals surface area contributed by atoms with Crippen LogP contribution in [0.4, 0.5) is 10.7 Å². The van der Waals surface area contributed by atoms with Crippen LogP contribution in [-0.2, 0) is 4.79 Å². The molecule has 0 aliphatic heterocycles. The van der Waals surface area contributed by atoms with Crippen molar-refractivity contribution in [2.45, 2.75) is 13.8 Å². The highest BCUT2D eigenvalue weighted by Gasteiger charge is 2.13. The zero-order valence-corrected chi connectivity index (χ0v) is 13.3. The summed E-state index contributed by atoms with van der Waals surface area (Å²) in [6.07, 6.45) is 1.34. The average molecular weight is 327 g/mol. The molecule has 2 aromatic rings. The van der Waals surface area contributed by atoms with Crippen molar-refractivity contribution < 1.29 is 9.72 Å². The quantitative estimate of drug-likeness (QED) is 0.399. The van der Waals surface area contributed by atoms with Gasteiger partial charge in [0.15, 0.2) is 0 Å². The Hall–Kier alpha value is -2.98. The van der Waals surface area contributed by atoms with Gasteiger partial charge in [-0.3, -0.25) is 14.9 Å². The standard InChI is InChI=1S/C16H13N3O3S/c1-10-3-4-14(11(2)5-10)18-16(20)13(8-17)6-12-7-15(19(21)22)23-9-12/h3-7,9H,1-2H3,(H,18,20)/b13-6-. The lowest BCUT2D eigenvalue weighted by atomic mass is 10.1. The van der Waals surface area contributed by atoms with E-state index in [9.17, 15) is 14.9 Å². The second-order valence-corrected chi connectivity index (χ2v) is 5.81. The minimum atomic E-state index is -0.548. The summed E-state index contributed by atoms with van der Waals surface area (Å²) < 4.78 is 0. The fourth-order valence-corrected chi connectivity index (χ4v) is 2.65. The Morgan fingerprint density at radius 1 is 1.39 bits per heavy atom. The molecule has 1 N–H and O–H groups in total. The van der Waals surface area contributed by atoms with Gasteiger partial charge >= 0.3 is 5.00 Å². The number of benzene rings is 1. The molecule has 1 aromatic heterocycles. The van der Waals surface area contributed by atoms with Crippen LogP contribution in [0.15, 0.2) is 35.2 Å². The molecule has 1 aromatic carbocycles. The van der Waals surface area contributed by atoms with Gasteiger partial charge in [0.2, 0.25) is 0 Å². The first kappa shape index (κ1) is 16.4. The van der Waals surface area contributed by atoms with E-state index < -0.39 is 10.8 Å². The summed E-state index contributed by atoms with van der Waals surface area (Å²) in [5.41, 5.74) is 2.92. The molecule has 1 heterocycles. The molecule has 0 radical (unpaired) electrons. The number of nitrogens with one attached hydrogen (secondary N) is 1. The van der Waals surface area contributed by atoms with Gasteiger partial charge < -0.3 is 5.32 Å². The summed E-state index contributed by atoms with van der Waals surface area (Å²) in [6.45, 7) is 3.81. The molecule has 0 fully saturated rings. The van der Waals surface area contributed by atoms with Crippen molar-refractivity contribution in [2.75, 3.05) is 5.32 Å². The van der Waals surface area contributed by atoms with Gasteiger partial charge in [-0.2, -0.15) is 5.26 Å². The molecule has 2 rings (SSSR count). The lowest BCUT2D eigenvalue weighted by molar-refractivity contribution is -0.380.